The summed E-state index contributed by atoms with van der Waals surface area (Å²) in [6, 6.07) is -0.286. The molecule has 1 rings (SSSR count). The predicted molar refractivity (Wildman–Crippen MR) is 74.8 cm³/mol. The molecule has 1 aliphatic rings. The molecule has 0 spiro atoms. The van der Waals surface area contributed by atoms with Crippen LogP contribution in [0.5, 0.6) is 0 Å². The van der Waals surface area contributed by atoms with Gasteiger partial charge in [0.25, 0.3) is 0 Å². The van der Waals surface area contributed by atoms with Gasteiger partial charge < -0.3 is 10.1 Å². The number of hydrogen-bond acceptors (Lipinski definition) is 5. The third-order valence-electron chi connectivity index (χ3n) is 3.23. The molecule has 0 aromatic heterocycles. The summed E-state index contributed by atoms with van der Waals surface area (Å²) in [5, 5.41) is 3.04. The summed E-state index contributed by atoms with van der Waals surface area (Å²) >= 11 is 0. The van der Waals surface area contributed by atoms with E-state index < -0.39 is 9.84 Å². The maximum atomic E-state index is 11.6. The Balaban J connectivity index is 2.10. The summed E-state index contributed by atoms with van der Waals surface area (Å²) in [5.41, 5.74) is 0. The minimum atomic E-state index is -2.98. The third-order valence-corrected chi connectivity index (χ3v) is 4.96. The highest BCUT2D eigenvalue weighted by molar-refractivity contribution is 7.91. The number of hydrogen-bond donors (Lipinski definition) is 1. The van der Waals surface area contributed by atoms with Crippen LogP contribution in [0.1, 0.15) is 45.4 Å². The van der Waals surface area contributed by atoms with Crippen molar-refractivity contribution >= 4 is 15.8 Å². The van der Waals surface area contributed by atoms with Gasteiger partial charge in [0.1, 0.15) is 0 Å². The predicted octanol–water partition coefficient (Wildman–Crippen LogP) is 1.28. The van der Waals surface area contributed by atoms with Crippen LogP contribution < -0.4 is 5.32 Å². The largest absolute Gasteiger partial charge is 0.466 e. The van der Waals surface area contributed by atoms with Gasteiger partial charge in [0, 0.05) is 12.6 Å². The molecule has 0 bridgehead atoms. The van der Waals surface area contributed by atoms with Gasteiger partial charge in [0.2, 0.25) is 0 Å². The first kappa shape index (κ1) is 16.4. The Morgan fingerprint density at radius 2 is 2.00 bits per heavy atom. The van der Waals surface area contributed by atoms with Crippen LogP contribution in [0.25, 0.3) is 0 Å². The van der Waals surface area contributed by atoms with Crippen molar-refractivity contribution in [2.45, 2.75) is 51.5 Å². The fourth-order valence-electron chi connectivity index (χ4n) is 2.15. The van der Waals surface area contributed by atoms with Crippen LogP contribution >= 0.6 is 0 Å². The van der Waals surface area contributed by atoms with Crippen LogP contribution in [0, 0.1) is 0 Å². The van der Waals surface area contributed by atoms with Gasteiger partial charge in [-0.25, -0.2) is 8.42 Å². The van der Waals surface area contributed by atoms with Crippen molar-refractivity contribution in [2.75, 3.05) is 24.7 Å². The molecule has 1 heterocycles. The molecule has 1 aliphatic heterocycles. The maximum Gasteiger partial charge on any atom is 0.307 e. The number of carbonyl (C=O) groups excluding carboxylic acids is 1. The first-order chi connectivity index (χ1) is 9.03. The first-order valence-electron chi connectivity index (χ1n) is 7.13. The molecule has 1 N–H and O–H groups in total. The van der Waals surface area contributed by atoms with Crippen LogP contribution in [0.3, 0.4) is 0 Å². The smallest absolute Gasteiger partial charge is 0.307 e. The van der Waals surface area contributed by atoms with Gasteiger partial charge in [-0.05, 0) is 6.42 Å². The number of rotatable bonds is 8. The van der Waals surface area contributed by atoms with Crippen molar-refractivity contribution in [3.8, 4) is 0 Å². The summed E-state index contributed by atoms with van der Waals surface area (Å²) in [5.74, 6) is -0.0979. The molecule has 0 aromatic rings. The van der Waals surface area contributed by atoms with Gasteiger partial charge in [0.15, 0.2) is 9.84 Å². The van der Waals surface area contributed by atoms with Crippen molar-refractivity contribution in [2.24, 2.45) is 0 Å². The Labute approximate surface area is 116 Å². The molecule has 1 fully saturated rings. The van der Waals surface area contributed by atoms with E-state index in [1.54, 1.807) is 0 Å². The molecule has 0 aliphatic carbocycles. The zero-order chi connectivity index (χ0) is 14.1. The van der Waals surface area contributed by atoms with Gasteiger partial charge in [-0.15, -0.1) is 0 Å². The van der Waals surface area contributed by atoms with E-state index in [0.717, 1.165) is 12.8 Å². The number of nitrogens with one attached hydrogen (secondary N) is 1. The monoisotopic (exact) mass is 291 g/mol. The van der Waals surface area contributed by atoms with Crippen molar-refractivity contribution < 1.29 is 17.9 Å². The quantitative estimate of drug-likeness (QED) is 0.539. The van der Waals surface area contributed by atoms with Gasteiger partial charge in [-0.2, -0.15) is 0 Å². The number of unbranched alkanes of at least 4 members (excludes halogenated alkanes) is 4. The van der Waals surface area contributed by atoms with E-state index in [9.17, 15) is 13.2 Å². The average Bonchev–Trinajstić information content (AvgIpc) is 2.32. The minimum Gasteiger partial charge on any atom is -0.466 e. The Bertz CT molecular complexity index is 367. The van der Waals surface area contributed by atoms with Gasteiger partial charge in [-0.3, -0.25) is 4.79 Å². The highest BCUT2D eigenvalue weighted by Crippen LogP contribution is 2.07. The Morgan fingerprint density at radius 3 is 2.68 bits per heavy atom. The molecule has 1 unspecified atom stereocenters. The number of carbonyl (C=O) groups is 1. The molecule has 1 saturated heterocycles. The van der Waals surface area contributed by atoms with E-state index in [4.69, 9.17) is 4.74 Å². The fourth-order valence-corrected chi connectivity index (χ4v) is 3.59. The van der Waals surface area contributed by atoms with Crippen molar-refractivity contribution in [1.29, 1.82) is 0 Å². The molecular formula is C13H25NO4S. The molecule has 19 heavy (non-hydrogen) atoms. The van der Waals surface area contributed by atoms with E-state index in [1.165, 1.54) is 19.3 Å². The fraction of sp³-hybridized carbons (Fsp3) is 0.923. The van der Waals surface area contributed by atoms with E-state index in [2.05, 4.69) is 12.2 Å². The average molecular weight is 291 g/mol. The number of sulfone groups is 1. The summed E-state index contributed by atoms with van der Waals surface area (Å²) in [6.45, 7) is 3.03. The van der Waals surface area contributed by atoms with Crippen molar-refractivity contribution in [3.63, 3.8) is 0 Å². The molecule has 0 amide bonds. The van der Waals surface area contributed by atoms with Gasteiger partial charge >= 0.3 is 5.97 Å². The molecular weight excluding hydrogens is 266 g/mol. The van der Waals surface area contributed by atoms with E-state index >= 15 is 0 Å². The molecule has 0 aromatic carbocycles. The number of esters is 1. The Hall–Kier alpha value is -0.620. The second kappa shape index (κ2) is 8.53. The lowest BCUT2D eigenvalue weighted by Crippen LogP contribution is -2.46. The van der Waals surface area contributed by atoms with Crippen molar-refractivity contribution in [3.05, 3.63) is 0 Å². The van der Waals surface area contributed by atoms with Gasteiger partial charge in [-0.1, -0.05) is 32.6 Å². The van der Waals surface area contributed by atoms with Crippen LogP contribution in [-0.4, -0.2) is 45.1 Å². The van der Waals surface area contributed by atoms with Crippen LogP contribution in [0.2, 0.25) is 0 Å². The molecule has 112 valence electrons. The lowest BCUT2D eigenvalue weighted by molar-refractivity contribution is -0.144. The van der Waals surface area contributed by atoms with Gasteiger partial charge in [0.05, 0.1) is 24.5 Å². The zero-order valence-electron chi connectivity index (χ0n) is 11.7. The van der Waals surface area contributed by atoms with E-state index in [0.29, 0.717) is 13.2 Å². The van der Waals surface area contributed by atoms with Crippen LogP contribution in [0.4, 0.5) is 0 Å². The minimum absolute atomic E-state index is 0.0403. The summed E-state index contributed by atoms with van der Waals surface area (Å²) in [4.78, 5) is 11.6. The first-order valence-corrected chi connectivity index (χ1v) is 8.95. The van der Waals surface area contributed by atoms with Crippen molar-refractivity contribution in [1.82, 2.24) is 5.32 Å². The third kappa shape index (κ3) is 7.52. The lowest BCUT2D eigenvalue weighted by atomic mass is 10.2. The highest BCUT2D eigenvalue weighted by Gasteiger charge is 2.26. The SMILES string of the molecule is CCCCCCCOC(=O)CC1CS(=O)(=O)CCN1. The maximum absolute atomic E-state index is 11.6. The molecule has 5 nitrogen and oxygen atoms in total. The summed E-state index contributed by atoms with van der Waals surface area (Å²) in [7, 11) is -2.98. The second-order valence-electron chi connectivity index (χ2n) is 5.10. The van der Waals surface area contributed by atoms with E-state index in [-0.39, 0.29) is 29.9 Å². The standard InChI is InChI=1S/C13H25NO4S/c1-2-3-4-5-6-8-18-13(15)10-12-11-19(16,17)9-7-14-12/h12,14H,2-11H2,1H3. The summed E-state index contributed by atoms with van der Waals surface area (Å²) in [6.07, 6.45) is 5.71. The van der Waals surface area contributed by atoms with E-state index in [1.807, 2.05) is 0 Å². The van der Waals surface area contributed by atoms with Crippen LogP contribution in [-0.2, 0) is 19.4 Å². The molecule has 6 heteroatoms. The second-order valence-corrected chi connectivity index (χ2v) is 7.33. The Morgan fingerprint density at radius 1 is 1.26 bits per heavy atom. The zero-order valence-corrected chi connectivity index (χ0v) is 12.5. The highest BCUT2D eigenvalue weighted by atomic mass is 32.2. The normalized spacial score (nSPS) is 22.1. The number of ether oxygens (including phenoxy) is 1. The topological polar surface area (TPSA) is 72.5 Å². The lowest BCUT2D eigenvalue weighted by Gasteiger charge is -2.22. The summed E-state index contributed by atoms with van der Waals surface area (Å²) < 4.78 is 27.9. The molecule has 1 atom stereocenters. The van der Waals surface area contributed by atoms with Crippen LogP contribution in [0.15, 0.2) is 0 Å². The molecule has 0 saturated carbocycles. The Kier molecular flexibility index (Phi) is 7.38. The molecule has 0 radical (unpaired) electrons.